The minimum Gasteiger partial charge on any atom is -0.380 e. The van der Waals surface area contributed by atoms with Gasteiger partial charge in [-0.05, 0) is 53.4 Å². The first-order valence-corrected chi connectivity index (χ1v) is 7.85. The molecular formula is C16H22BrNO. The Morgan fingerprint density at radius 3 is 2.74 bits per heavy atom. The van der Waals surface area contributed by atoms with E-state index in [2.05, 4.69) is 61.1 Å². The Labute approximate surface area is 124 Å². The fourth-order valence-electron chi connectivity index (χ4n) is 3.87. The van der Waals surface area contributed by atoms with E-state index in [1.165, 1.54) is 27.7 Å². The monoisotopic (exact) mass is 323 g/mol. The predicted octanol–water partition coefficient (Wildman–Crippen LogP) is 4.29. The zero-order valence-electron chi connectivity index (χ0n) is 12.1. The van der Waals surface area contributed by atoms with Crippen LogP contribution in [0.25, 0.3) is 0 Å². The highest BCUT2D eigenvalue weighted by Crippen LogP contribution is 2.53. The molecule has 1 saturated heterocycles. The lowest BCUT2D eigenvalue weighted by Crippen LogP contribution is -2.63. The van der Waals surface area contributed by atoms with E-state index >= 15 is 0 Å². The maximum atomic E-state index is 5.86. The molecule has 1 aromatic rings. The molecular weight excluding hydrogens is 302 g/mol. The lowest BCUT2D eigenvalue weighted by Gasteiger charge is -2.55. The molecule has 1 aliphatic carbocycles. The van der Waals surface area contributed by atoms with Crippen LogP contribution in [0.15, 0.2) is 16.6 Å². The van der Waals surface area contributed by atoms with E-state index in [4.69, 9.17) is 4.74 Å². The summed E-state index contributed by atoms with van der Waals surface area (Å²) in [5.74, 6) is 0.669. The van der Waals surface area contributed by atoms with Gasteiger partial charge in [-0.2, -0.15) is 0 Å². The smallest absolute Gasteiger partial charge is 0.0694 e. The van der Waals surface area contributed by atoms with Crippen molar-refractivity contribution in [3.8, 4) is 0 Å². The van der Waals surface area contributed by atoms with Crippen molar-refractivity contribution in [3.05, 3.63) is 27.7 Å². The van der Waals surface area contributed by atoms with Gasteiger partial charge in [0.2, 0.25) is 0 Å². The summed E-state index contributed by atoms with van der Waals surface area (Å²) in [6, 6.07) is 4.93. The molecule has 2 fully saturated rings. The van der Waals surface area contributed by atoms with Crippen molar-refractivity contribution in [1.29, 1.82) is 0 Å². The van der Waals surface area contributed by atoms with Crippen molar-refractivity contribution < 1.29 is 4.74 Å². The summed E-state index contributed by atoms with van der Waals surface area (Å²) in [7, 11) is 0. The Morgan fingerprint density at radius 2 is 2.05 bits per heavy atom. The molecule has 1 heterocycles. The van der Waals surface area contributed by atoms with Gasteiger partial charge >= 0.3 is 0 Å². The van der Waals surface area contributed by atoms with Gasteiger partial charge in [-0.15, -0.1) is 0 Å². The molecule has 2 nitrogen and oxygen atoms in total. The topological polar surface area (TPSA) is 21.3 Å². The van der Waals surface area contributed by atoms with Crippen LogP contribution in [0.1, 0.15) is 31.4 Å². The normalized spacial score (nSPS) is 31.7. The molecule has 0 radical (unpaired) electrons. The van der Waals surface area contributed by atoms with Gasteiger partial charge in [0.1, 0.15) is 0 Å². The summed E-state index contributed by atoms with van der Waals surface area (Å²) < 4.78 is 7.03. The molecule has 2 aliphatic rings. The average molecular weight is 324 g/mol. The van der Waals surface area contributed by atoms with Gasteiger partial charge in [-0.25, -0.2) is 0 Å². The van der Waals surface area contributed by atoms with E-state index in [1.807, 2.05) is 0 Å². The second-order valence-electron chi connectivity index (χ2n) is 6.63. The minimum atomic E-state index is 0.220. The number of ether oxygens (including phenoxy) is 1. The second-order valence-corrected chi connectivity index (χ2v) is 7.48. The molecule has 0 bridgehead atoms. The molecule has 1 aromatic carbocycles. The third kappa shape index (κ3) is 2.02. The zero-order valence-corrected chi connectivity index (χ0v) is 13.7. The first-order valence-electron chi connectivity index (χ1n) is 7.06. The van der Waals surface area contributed by atoms with Gasteiger partial charge < -0.3 is 10.1 Å². The van der Waals surface area contributed by atoms with Gasteiger partial charge in [0.25, 0.3) is 0 Å². The van der Waals surface area contributed by atoms with Crippen molar-refractivity contribution in [2.24, 2.45) is 11.3 Å². The molecule has 3 rings (SSSR count). The second kappa shape index (κ2) is 4.49. The van der Waals surface area contributed by atoms with Crippen LogP contribution in [-0.4, -0.2) is 18.8 Å². The minimum absolute atomic E-state index is 0.220. The number of aryl methyl sites for hydroxylation is 2. The van der Waals surface area contributed by atoms with Crippen molar-refractivity contribution >= 4 is 21.6 Å². The third-order valence-electron chi connectivity index (χ3n) is 4.83. The predicted molar refractivity (Wildman–Crippen MR) is 82.7 cm³/mol. The molecule has 3 unspecified atom stereocenters. The summed E-state index contributed by atoms with van der Waals surface area (Å²) in [5, 5.41) is 3.78. The molecule has 104 valence electrons. The summed E-state index contributed by atoms with van der Waals surface area (Å²) in [6.45, 7) is 9.86. The first-order chi connectivity index (χ1) is 8.91. The van der Waals surface area contributed by atoms with Crippen LogP contribution in [0.5, 0.6) is 0 Å². The van der Waals surface area contributed by atoms with Crippen molar-refractivity contribution in [2.75, 3.05) is 11.9 Å². The standard InChI is InChI=1S/C16H22BrNO/c1-9-7-10(2)13(12(17)8-9)18-14-11-5-6-19-15(11)16(14,3)4/h7-8,11,14-15,18H,5-6H2,1-4H3. The van der Waals surface area contributed by atoms with E-state index in [9.17, 15) is 0 Å². The number of hydrogen-bond acceptors (Lipinski definition) is 2. The summed E-state index contributed by atoms with van der Waals surface area (Å²) >= 11 is 3.70. The molecule has 0 amide bonds. The van der Waals surface area contributed by atoms with Gasteiger partial charge in [-0.1, -0.05) is 19.9 Å². The number of rotatable bonds is 2. The quantitative estimate of drug-likeness (QED) is 0.876. The van der Waals surface area contributed by atoms with E-state index < -0.39 is 0 Å². The molecule has 1 saturated carbocycles. The number of hydrogen-bond donors (Lipinski definition) is 1. The lowest BCUT2D eigenvalue weighted by molar-refractivity contribution is -0.0923. The van der Waals surface area contributed by atoms with Crippen LogP contribution >= 0.6 is 15.9 Å². The highest BCUT2D eigenvalue weighted by Gasteiger charge is 2.59. The number of benzene rings is 1. The van der Waals surface area contributed by atoms with E-state index in [0.717, 1.165) is 6.61 Å². The zero-order chi connectivity index (χ0) is 13.8. The Kier molecular flexibility index (Phi) is 3.18. The van der Waals surface area contributed by atoms with Crippen LogP contribution < -0.4 is 5.32 Å². The van der Waals surface area contributed by atoms with Crippen molar-refractivity contribution in [3.63, 3.8) is 0 Å². The molecule has 3 atom stereocenters. The maximum absolute atomic E-state index is 5.86. The van der Waals surface area contributed by atoms with E-state index in [-0.39, 0.29) is 5.41 Å². The summed E-state index contributed by atoms with van der Waals surface area (Å²) in [4.78, 5) is 0. The molecule has 1 aliphatic heterocycles. The van der Waals surface area contributed by atoms with Gasteiger partial charge in [0.05, 0.1) is 11.8 Å². The van der Waals surface area contributed by atoms with Crippen LogP contribution in [0, 0.1) is 25.2 Å². The van der Waals surface area contributed by atoms with Crippen LogP contribution in [0.4, 0.5) is 5.69 Å². The fourth-order valence-corrected chi connectivity index (χ4v) is 4.66. The number of anilines is 1. The van der Waals surface area contributed by atoms with E-state index in [0.29, 0.717) is 18.1 Å². The van der Waals surface area contributed by atoms with E-state index in [1.54, 1.807) is 0 Å². The average Bonchev–Trinajstić information content (AvgIpc) is 2.74. The SMILES string of the molecule is Cc1cc(C)c(NC2C3CCOC3C2(C)C)c(Br)c1. The number of halogens is 1. The lowest BCUT2D eigenvalue weighted by atomic mass is 9.57. The van der Waals surface area contributed by atoms with Crippen molar-refractivity contribution in [2.45, 2.75) is 46.3 Å². The molecule has 1 N–H and O–H groups in total. The third-order valence-corrected chi connectivity index (χ3v) is 5.46. The Hall–Kier alpha value is -0.540. The summed E-state index contributed by atoms with van der Waals surface area (Å²) in [5.41, 5.74) is 4.07. The highest BCUT2D eigenvalue weighted by atomic mass is 79.9. The number of nitrogens with one attached hydrogen (secondary N) is 1. The fraction of sp³-hybridized carbons (Fsp3) is 0.625. The molecule has 0 spiro atoms. The largest absolute Gasteiger partial charge is 0.380 e. The van der Waals surface area contributed by atoms with Crippen molar-refractivity contribution in [1.82, 2.24) is 0 Å². The first kappa shape index (κ1) is 13.4. The van der Waals surface area contributed by atoms with Gasteiger partial charge in [0, 0.05) is 28.5 Å². The Morgan fingerprint density at radius 1 is 1.32 bits per heavy atom. The van der Waals surface area contributed by atoms with Crippen LogP contribution in [-0.2, 0) is 4.74 Å². The number of fused-ring (bicyclic) bond motifs is 1. The Bertz CT molecular complexity index is 488. The molecule has 3 heteroatoms. The molecule has 19 heavy (non-hydrogen) atoms. The summed E-state index contributed by atoms with van der Waals surface area (Å²) in [6.07, 6.45) is 1.63. The van der Waals surface area contributed by atoms with Gasteiger partial charge in [-0.3, -0.25) is 0 Å². The van der Waals surface area contributed by atoms with Crippen LogP contribution in [0.2, 0.25) is 0 Å². The maximum Gasteiger partial charge on any atom is 0.0694 e. The van der Waals surface area contributed by atoms with Gasteiger partial charge in [0.15, 0.2) is 0 Å². The van der Waals surface area contributed by atoms with Crippen LogP contribution in [0.3, 0.4) is 0 Å². The molecule has 0 aromatic heterocycles. The Balaban J connectivity index is 1.86. The highest BCUT2D eigenvalue weighted by molar-refractivity contribution is 9.10.